The molecule has 21 heavy (non-hydrogen) atoms. The summed E-state index contributed by atoms with van der Waals surface area (Å²) < 4.78 is 5.06. The molecule has 3 atom stereocenters. The smallest absolute Gasteiger partial charge is 0.408 e. The molecule has 0 bridgehead atoms. The number of ether oxygens (including phenoxy) is 1. The van der Waals surface area contributed by atoms with Gasteiger partial charge in [-0.3, -0.25) is 9.59 Å². The number of nitrogens with two attached hydrogens (primary N) is 1. The number of amides is 3. The highest BCUT2D eigenvalue weighted by atomic mass is 16.6. The van der Waals surface area contributed by atoms with Gasteiger partial charge in [0.25, 0.3) is 0 Å². The van der Waals surface area contributed by atoms with Gasteiger partial charge in [0.1, 0.15) is 17.7 Å². The van der Waals surface area contributed by atoms with Crippen molar-refractivity contribution in [2.24, 2.45) is 11.7 Å². The van der Waals surface area contributed by atoms with Crippen molar-refractivity contribution >= 4 is 17.9 Å². The molecule has 0 aromatic carbocycles. The molecule has 0 heterocycles. The molecule has 0 saturated carbocycles. The summed E-state index contributed by atoms with van der Waals surface area (Å²) in [4.78, 5) is 34.9. The number of nitrogens with one attached hydrogen (secondary N) is 2. The molecule has 0 aromatic heterocycles. The van der Waals surface area contributed by atoms with Crippen molar-refractivity contribution < 1.29 is 19.1 Å². The summed E-state index contributed by atoms with van der Waals surface area (Å²) in [6, 6.07) is -1.59. The minimum absolute atomic E-state index is 0.0832. The molecule has 0 fully saturated rings. The van der Waals surface area contributed by atoms with Crippen LogP contribution in [0.2, 0.25) is 0 Å². The quantitative estimate of drug-likeness (QED) is 0.677. The lowest BCUT2D eigenvalue weighted by molar-refractivity contribution is -0.129. The van der Waals surface area contributed by atoms with Crippen LogP contribution in [0.5, 0.6) is 0 Å². The van der Waals surface area contributed by atoms with Crippen LogP contribution in [0.4, 0.5) is 4.79 Å². The monoisotopic (exact) mass is 301 g/mol. The Morgan fingerprint density at radius 2 is 1.67 bits per heavy atom. The molecule has 0 radical (unpaired) electrons. The first-order chi connectivity index (χ1) is 9.47. The predicted octanol–water partition coefficient (Wildman–Crippen LogP) is 0.916. The summed E-state index contributed by atoms with van der Waals surface area (Å²) in [5.41, 5.74) is 4.63. The van der Waals surface area contributed by atoms with Gasteiger partial charge in [0.05, 0.1) is 0 Å². The van der Waals surface area contributed by atoms with Crippen molar-refractivity contribution in [3.05, 3.63) is 0 Å². The molecule has 0 rings (SSSR count). The lowest BCUT2D eigenvalue weighted by atomic mass is 9.98. The van der Waals surface area contributed by atoms with Crippen molar-refractivity contribution in [2.45, 2.75) is 65.6 Å². The van der Waals surface area contributed by atoms with Crippen LogP contribution in [0.1, 0.15) is 48.0 Å². The highest BCUT2D eigenvalue weighted by Gasteiger charge is 2.27. The molecular weight excluding hydrogens is 274 g/mol. The van der Waals surface area contributed by atoms with E-state index in [4.69, 9.17) is 10.5 Å². The van der Waals surface area contributed by atoms with Crippen molar-refractivity contribution in [3.63, 3.8) is 0 Å². The van der Waals surface area contributed by atoms with Gasteiger partial charge in [-0.05, 0) is 33.6 Å². The fourth-order valence-corrected chi connectivity index (χ4v) is 1.56. The van der Waals surface area contributed by atoms with Crippen LogP contribution in [0.15, 0.2) is 0 Å². The Labute approximate surface area is 126 Å². The van der Waals surface area contributed by atoms with Crippen LogP contribution < -0.4 is 16.4 Å². The second-order valence-corrected chi connectivity index (χ2v) is 6.14. The highest BCUT2D eigenvalue weighted by molar-refractivity contribution is 5.90. The standard InChI is InChI=1S/C14H27N3O4/c1-7-8(2)10(11(15)18)17-12(19)9(3)16-13(20)21-14(4,5)6/h8-10H,7H2,1-6H3,(H2,15,18)(H,16,20)(H,17,19)/t8-,9-,10+/m1/s1. The fourth-order valence-electron chi connectivity index (χ4n) is 1.56. The van der Waals surface area contributed by atoms with Crippen molar-refractivity contribution in [1.82, 2.24) is 10.6 Å². The molecule has 0 aromatic rings. The van der Waals surface area contributed by atoms with E-state index >= 15 is 0 Å². The molecule has 0 unspecified atom stereocenters. The Hall–Kier alpha value is -1.79. The normalized spacial score (nSPS) is 15.5. The van der Waals surface area contributed by atoms with Gasteiger partial charge in [-0.15, -0.1) is 0 Å². The molecule has 0 saturated heterocycles. The molecule has 0 aliphatic rings. The first kappa shape index (κ1) is 19.2. The second kappa shape index (κ2) is 7.85. The van der Waals surface area contributed by atoms with E-state index in [0.29, 0.717) is 6.42 Å². The zero-order valence-corrected chi connectivity index (χ0v) is 13.6. The van der Waals surface area contributed by atoms with Gasteiger partial charge in [0.2, 0.25) is 11.8 Å². The van der Waals surface area contributed by atoms with E-state index in [9.17, 15) is 14.4 Å². The predicted molar refractivity (Wildman–Crippen MR) is 79.4 cm³/mol. The van der Waals surface area contributed by atoms with Crippen LogP contribution in [0, 0.1) is 5.92 Å². The Balaban J connectivity index is 4.57. The van der Waals surface area contributed by atoms with Crippen LogP contribution in [-0.2, 0) is 14.3 Å². The SMILES string of the molecule is CC[C@@H](C)[C@H](NC(=O)[C@@H](C)NC(=O)OC(C)(C)C)C(N)=O. The Morgan fingerprint density at radius 3 is 2.05 bits per heavy atom. The molecule has 0 spiro atoms. The van der Waals surface area contributed by atoms with Crippen LogP contribution >= 0.6 is 0 Å². The van der Waals surface area contributed by atoms with E-state index in [1.165, 1.54) is 6.92 Å². The molecule has 4 N–H and O–H groups in total. The third kappa shape index (κ3) is 7.53. The Morgan fingerprint density at radius 1 is 1.14 bits per heavy atom. The minimum atomic E-state index is -0.828. The van der Waals surface area contributed by atoms with E-state index in [0.717, 1.165) is 0 Å². The number of hydrogen-bond donors (Lipinski definition) is 3. The minimum Gasteiger partial charge on any atom is -0.444 e. The Kier molecular flexibility index (Phi) is 7.18. The number of rotatable bonds is 6. The fraction of sp³-hybridized carbons (Fsp3) is 0.786. The first-order valence-electron chi connectivity index (χ1n) is 7.07. The van der Waals surface area contributed by atoms with Crippen molar-refractivity contribution in [2.75, 3.05) is 0 Å². The van der Waals surface area contributed by atoms with Crippen molar-refractivity contribution in [1.29, 1.82) is 0 Å². The zero-order valence-electron chi connectivity index (χ0n) is 13.6. The number of carbonyl (C=O) groups excluding carboxylic acids is 3. The first-order valence-corrected chi connectivity index (χ1v) is 7.07. The van der Waals surface area contributed by atoms with Crippen LogP contribution in [0.25, 0.3) is 0 Å². The zero-order chi connectivity index (χ0) is 16.8. The third-order valence-corrected chi connectivity index (χ3v) is 2.94. The van der Waals surface area contributed by atoms with Gasteiger partial charge in [0, 0.05) is 0 Å². The molecule has 7 heteroatoms. The number of primary amides is 1. The van der Waals surface area contributed by atoms with Gasteiger partial charge >= 0.3 is 6.09 Å². The van der Waals surface area contributed by atoms with E-state index in [-0.39, 0.29) is 5.92 Å². The lowest BCUT2D eigenvalue weighted by Gasteiger charge is -2.24. The summed E-state index contributed by atoms with van der Waals surface area (Å²) in [6.45, 7) is 10.4. The number of alkyl carbamates (subject to hydrolysis) is 1. The maximum Gasteiger partial charge on any atom is 0.408 e. The third-order valence-electron chi connectivity index (χ3n) is 2.94. The van der Waals surface area contributed by atoms with E-state index in [2.05, 4.69) is 10.6 Å². The summed E-state index contributed by atoms with van der Waals surface area (Å²) >= 11 is 0. The number of carbonyl (C=O) groups is 3. The maximum absolute atomic E-state index is 12.0. The summed E-state index contributed by atoms with van der Waals surface area (Å²) in [7, 11) is 0. The van der Waals surface area contributed by atoms with Gasteiger partial charge in [-0.2, -0.15) is 0 Å². The van der Waals surface area contributed by atoms with Gasteiger partial charge in [0.15, 0.2) is 0 Å². The number of hydrogen-bond acceptors (Lipinski definition) is 4. The van der Waals surface area contributed by atoms with Gasteiger partial charge in [-0.1, -0.05) is 20.3 Å². The molecule has 3 amide bonds. The summed E-state index contributed by atoms with van der Waals surface area (Å²) in [5.74, 6) is -1.16. The van der Waals surface area contributed by atoms with Gasteiger partial charge in [-0.25, -0.2) is 4.79 Å². The maximum atomic E-state index is 12.0. The average Bonchev–Trinajstić information content (AvgIpc) is 2.31. The van der Waals surface area contributed by atoms with E-state index < -0.39 is 35.6 Å². The average molecular weight is 301 g/mol. The molecular formula is C14H27N3O4. The lowest BCUT2D eigenvalue weighted by Crippen LogP contribution is -2.54. The molecule has 0 aliphatic heterocycles. The van der Waals surface area contributed by atoms with Crippen LogP contribution in [0.3, 0.4) is 0 Å². The largest absolute Gasteiger partial charge is 0.444 e. The topological polar surface area (TPSA) is 111 Å². The van der Waals surface area contributed by atoms with Crippen LogP contribution in [-0.4, -0.2) is 35.6 Å². The van der Waals surface area contributed by atoms with Gasteiger partial charge < -0.3 is 21.1 Å². The van der Waals surface area contributed by atoms with Crippen molar-refractivity contribution in [3.8, 4) is 0 Å². The second-order valence-electron chi connectivity index (χ2n) is 6.14. The molecule has 0 aliphatic carbocycles. The summed E-state index contributed by atoms with van der Waals surface area (Å²) in [6.07, 6.45) is 0.00574. The molecule has 7 nitrogen and oxygen atoms in total. The van der Waals surface area contributed by atoms with E-state index in [1.54, 1.807) is 20.8 Å². The molecule has 122 valence electrons. The summed E-state index contributed by atoms with van der Waals surface area (Å²) in [5, 5.41) is 4.96. The Bertz CT molecular complexity index is 390. The highest BCUT2D eigenvalue weighted by Crippen LogP contribution is 2.08. The van der Waals surface area contributed by atoms with E-state index in [1.807, 2.05) is 13.8 Å².